The molecular weight excluding hydrogens is 328 g/mol. The van der Waals surface area contributed by atoms with Crippen molar-refractivity contribution in [3.05, 3.63) is 51.2 Å². The zero-order chi connectivity index (χ0) is 15.2. The Labute approximate surface area is 135 Å². The van der Waals surface area contributed by atoms with E-state index in [-0.39, 0.29) is 5.91 Å². The zero-order valence-corrected chi connectivity index (χ0v) is 13.4. The molecule has 2 amide bonds. The smallest absolute Gasteiger partial charge is 0.248 e. The van der Waals surface area contributed by atoms with E-state index in [1.807, 2.05) is 12.1 Å². The van der Waals surface area contributed by atoms with Crippen molar-refractivity contribution in [2.24, 2.45) is 5.73 Å². The maximum absolute atomic E-state index is 11.8. The summed E-state index contributed by atoms with van der Waals surface area (Å²) in [6.45, 7) is 0. The number of rotatable bonds is 6. The number of hydrogen-bond donors (Lipinski definition) is 2. The number of benzene rings is 1. The molecule has 1 aromatic heterocycles. The fraction of sp³-hybridized carbons (Fsp3) is 0.143. The highest BCUT2D eigenvalue weighted by Crippen LogP contribution is 2.25. The molecule has 0 bridgehead atoms. The van der Waals surface area contributed by atoms with E-state index in [2.05, 4.69) is 5.32 Å². The van der Waals surface area contributed by atoms with Crippen molar-refractivity contribution in [2.45, 2.75) is 5.75 Å². The molecule has 3 N–H and O–H groups in total. The molecule has 0 atom stereocenters. The van der Waals surface area contributed by atoms with Crippen LogP contribution in [-0.4, -0.2) is 17.6 Å². The predicted octanol–water partition coefficient (Wildman–Crippen LogP) is 3.37. The quantitative estimate of drug-likeness (QED) is 0.846. The van der Waals surface area contributed by atoms with Gasteiger partial charge in [0.05, 0.1) is 10.1 Å². The zero-order valence-electron chi connectivity index (χ0n) is 11.0. The number of carbonyl (C=O) groups excluding carboxylic acids is 2. The third kappa shape index (κ3) is 5.08. The number of primary amides is 1. The van der Waals surface area contributed by atoms with Gasteiger partial charge in [0.15, 0.2) is 0 Å². The lowest BCUT2D eigenvalue weighted by Gasteiger charge is -2.05. The van der Waals surface area contributed by atoms with Gasteiger partial charge in [-0.15, -0.1) is 23.1 Å². The van der Waals surface area contributed by atoms with Gasteiger partial charge in [-0.05, 0) is 36.4 Å². The second kappa shape index (κ2) is 7.49. The molecule has 2 rings (SSSR count). The fourth-order valence-corrected chi connectivity index (χ4v) is 3.61. The van der Waals surface area contributed by atoms with Crippen LogP contribution in [0.15, 0.2) is 36.4 Å². The summed E-state index contributed by atoms with van der Waals surface area (Å²) in [6, 6.07) is 10.3. The highest BCUT2D eigenvalue weighted by atomic mass is 35.5. The lowest BCUT2D eigenvalue weighted by atomic mass is 10.2. The Balaban J connectivity index is 1.77. The Hall–Kier alpha value is -1.50. The maximum atomic E-state index is 11.8. The number of halogens is 1. The summed E-state index contributed by atoms with van der Waals surface area (Å²) in [4.78, 5) is 23.9. The second-order valence-electron chi connectivity index (χ2n) is 4.19. The van der Waals surface area contributed by atoms with Crippen molar-refractivity contribution < 1.29 is 9.59 Å². The summed E-state index contributed by atoms with van der Waals surface area (Å²) in [5, 5.41) is 2.76. The molecule has 2 aromatic rings. The van der Waals surface area contributed by atoms with Gasteiger partial charge in [0.2, 0.25) is 11.8 Å². The first-order chi connectivity index (χ1) is 10.0. The van der Waals surface area contributed by atoms with Gasteiger partial charge in [-0.2, -0.15) is 0 Å². The van der Waals surface area contributed by atoms with Crippen LogP contribution in [0.5, 0.6) is 0 Å². The van der Waals surface area contributed by atoms with Crippen LogP contribution in [0.2, 0.25) is 4.34 Å². The third-order valence-electron chi connectivity index (χ3n) is 2.56. The van der Waals surface area contributed by atoms with E-state index >= 15 is 0 Å². The minimum absolute atomic E-state index is 0.0884. The van der Waals surface area contributed by atoms with E-state index in [1.165, 1.54) is 23.1 Å². The van der Waals surface area contributed by atoms with Crippen molar-refractivity contribution in [3.63, 3.8) is 0 Å². The molecule has 0 aliphatic carbocycles. The van der Waals surface area contributed by atoms with Crippen molar-refractivity contribution in [3.8, 4) is 0 Å². The summed E-state index contributed by atoms with van der Waals surface area (Å²) < 4.78 is 0.754. The van der Waals surface area contributed by atoms with Crippen molar-refractivity contribution in [1.29, 1.82) is 0 Å². The van der Waals surface area contributed by atoms with Gasteiger partial charge in [-0.1, -0.05) is 11.6 Å². The van der Waals surface area contributed by atoms with Crippen molar-refractivity contribution >= 4 is 52.2 Å². The number of thioether (sulfide) groups is 1. The van der Waals surface area contributed by atoms with Gasteiger partial charge in [0.1, 0.15) is 0 Å². The molecule has 0 saturated carbocycles. The van der Waals surface area contributed by atoms with Gasteiger partial charge in [-0.25, -0.2) is 0 Å². The minimum atomic E-state index is -0.488. The second-order valence-corrected chi connectivity index (χ2v) is 6.97. The number of hydrogen-bond acceptors (Lipinski definition) is 4. The van der Waals surface area contributed by atoms with Crippen LogP contribution in [-0.2, 0) is 10.5 Å². The Morgan fingerprint density at radius 1 is 1.19 bits per heavy atom. The molecule has 0 radical (unpaired) electrons. The van der Waals surface area contributed by atoms with Crippen LogP contribution in [0.25, 0.3) is 0 Å². The first-order valence-electron chi connectivity index (χ1n) is 6.06. The molecule has 0 fully saturated rings. The van der Waals surface area contributed by atoms with E-state index < -0.39 is 5.91 Å². The maximum Gasteiger partial charge on any atom is 0.248 e. The summed E-state index contributed by atoms with van der Waals surface area (Å²) in [5.74, 6) is 0.533. The summed E-state index contributed by atoms with van der Waals surface area (Å²) in [7, 11) is 0. The van der Waals surface area contributed by atoms with Gasteiger partial charge in [-0.3, -0.25) is 9.59 Å². The molecule has 0 aliphatic rings. The Morgan fingerprint density at radius 2 is 1.90 bits per heavy atom. The largest absolute Gasteiger partial charge is 0.366 e. The molecule has 0 saturated heterocycles. The summed E-state index contributed by atoms with van der Waals surface area (Å²) in [6.07, 6.45) is 0. The number of thiophene rings is 1. The Bertz CT molecular complexity index is 641. The van der Waals surface area contributed by atoms with Crippen molar-refractivity contribution in [2.75, 3.05) is 11.1 Å². The lowest BCUT2D eigenvalue weighted by molar-refractivity contribution is -0.113. The Kier molecular flexibility index (Phi) is 5.67. The molecule has 0 aliphatic heterocycles. The summed E-state index contributed by atoms with van der Waals surface area (Å²) >= 11 is 8.88. The molecule has 21 heavy (non-hydrogen) atoms. The van der Waals surface area contributed by atoms with E-state index in [1.54, 1.807) is 24.3 Å². The van der Waals surface area contributed by atoms with E-state index in [0.29, 0.717) is 17.0 Å². The van der Waals surface area contributed by atoms with Gasteiger partial charge in [0, 0.05) is 21.9 Å². The number of carbonyl (C=O) groups is 2. The predicted molar refractivity (Wildman–Crippen MR) is 89.1 cm³/mol. The van der Waals surface area contributed by atoms with Crippen molar-refractivity contribution in [1.82, 2.24) is 0 Å². The topological polar surface area (TPSA) is 72.2 Å². The number of nitrogens with two attached hydrogens (primary N) is 1. The average Bonchev–Trinajstić information content (AvgIpc) is 2.85. The standard InChI is InChI=1S/C14H13ClN2O2S2/c15-12-6-5-11(21-12)7-20-8-13(18)17-10-3-1-9(2-4-10)14(16)19/h1-6H,7-8H2,(H2,16,19)(H,17,18). The molecular formula is C14H13ClN2O2S2. The molecule has 0 unspecified atom stereocenters. The highest BCUT2D eigenvalue weighted by molar-refractivity contribution is 7.99. The molecule has 1 aromatic carbocycles. The highest BCUT2D eigenvalue weighted by Gasteiger charge is 2.05. The number of nitrogens with one attached hydrogen (secondary N) is 1. The molecule has 7 heteroatoms. The molecule has 0 spiro atoms. The van der Waals surface area contributed by atoms with Crippen LogP contribution in [0, 0.1) is 0 Å². The fourth-order valence-electron chi connectivity index (χ4n) is 1.59. The lowest BCUT2D eigenvalue weighted by Crippen LogP contribution is -2.15. The number of amides is 2. The monoisotopic (exact) mass is 340 g/mol. The van der Waals surface area contributed by atoms with Crippen LogP contribution >= 0.6 is 34.7 Å². The number of anilines is 1. The first kappa shape index (κ1) is 15.9. The van der Waals surface area contributed by atoms with E-state index in [4.69, 9.17) is 17.3 Å². The molecule has 1 heterocycles. The Morgan fingerprint density at radius 3 is 2.48 bits per heavy atom. The third-order valence-corrected chi connectivity index (χ3v) is 4.95. The average molecular weight is 341 g/mol. The minimum Gasteiger partial charge on any atom is -0.366 e. The molecule has 110 valence electrons. The normalized spacial score (nSPS) is 10.3. The summed E-state index contributed by atoms with van der Waals surface area (Å²) in [5.41, 5.74) is 6.21. The van der Waals surface area contributed by atoms with Gasteiger partial charge in [0.25, 0.3) is 0 Å². The van der Waals surface area contributed by atoms with Crippen LogP contribution < -0.4 is 11.1 Å². The van der Waals surface area contributed by atoms with Crippen LogP contribution in [0.1, 0.15) is 15.2 Å². The van der Waals surface area contributed by atoms with Gasteiger partial charge < -0.3 is 11.1 Å². The van der Waals surface area contributed by atoms with Gasteiger partial charge >= 0.3 is 0 Å². The molecule has 4 nitrogen and oxygen atoms in total. The first-order valence-corrected chi connectivity index (χ1v) is 8.41. The van der Waals surface area contributed by atoms with Crippen LogP contribution in [0.4, 0.5) is 5.69 Å². The van der Waals surface area contributed by atoms with E-state index in [9.17, 15) is 9.59 Å². The van der Waals surface area contributed by atoms with E-state index in [0.717, 1.165) is 15.0 Å². The van der Waals surface area contributed by atoms with Crippen LogP contribution in [0.3, 0.4) is 0 Å². The SMILES string of the molecule is NC(=O)c1ccc(NC(=O)CSCc2ccc(Cl)s2)cc1.